The van der Waals surface area contributed by atoms with E-state index in [0.29, 0.717) is 0 Å². The van der Waals surface area contributed by atoms with E-state index in [4.69, 9.17) is 5.73 Å². The molecule has 1 unspecified atom stereocenters. The predicted molar refractivity (Wildman–Crippen MR) is 85.1 cm³/mol. The SMILES string of the molecule is Cc1nn(C)c(C)c1C(N)Cc1ccnc2ccccc12. The van der Waals surface area contributed by atoms with Gasteiger partial charge in [-0.15, -0.1) is 0 Å². The number of pyridine rings is 1. The third-order valence-corrected chi connectivity index (χ3v) is 4.11. The van der Waals surface area contributed by atoms with Gasteiger partial charge in [0, 0.05) is 35.9 Å². The van der Waals surface area contributed by atoms with Crippen molar-refractivity contribution in [1.82, 2.24) is 14.8 Å². The number of hydrogen-bond donors (Lipinski definition) is 1. The summed E-state index contributed by atoms with van der Waals surface area (Å²) in [6.07, 6.45) is 2.64. The van der Waals surface area contributed by atoms with E-state index < -0.39 is 0 Å². The molecule has 3 aromatic rings. The van der Waals surface area contributed by atoms with Gasteiger partial charge in [0.05, 0.1) is 11.2 Å². The molecule has 4 heteroatoms. The van der Waals surface area contributed by atoms with Gasteiger partial charge in [-0.3, -0.25) is 9.67 Å². The number of benzene rings is 1. The van der Waals surface area contributed by atoms with Crippen LogP contribution in [0.4, 0.5) is 0 Å². The van der Waals surface area contributed by atoms with Gasteiger partial charge in [-0.2, -0.15) is 5.10 Å². The summed E-state index contributed by atoms with van der Waals surface area (Å²) in [4.78, 5) is 4.40. The maximum atomic E-state index is 6.46. The number of para-hydroxylation sites is 1. The highest BCUT2D eigenvalue weighted by Crippen LogP contribution is 2.25. The summed E-state index contributed by atoms with van der Waals surface area (Å²) in [5, 5.41) is 5.64. The molecule has 0 spiro atoms. The van der Waals surface area contributed by atoms with Crippen molar-refractivity contribution in [3.8, 4) is 0 Å². The van der Waals surface area contributed by atoms with E-state index in [0.717, 1.165) is 28.9 Å². The van der Waals surface area contributed by atoms with Crippen molar-refractivity contribution in [3.63, 3.8) is 0 Å². The van der Waals surface area contributed by atoms with Gasteiger partial charge >= 0.3 is 0 Å². The summed E-state index contributed by atoms with van der Waals surface area (Å²) < 4.78 is 1.90. The molecule has 108 valence electrons. The van der Waals surface area contributed by atoms with E-state index >= 15 is 0 Å². The third kappa shape index (κ3) is 2.43. The molecular weight excluding hydrogens is 260 g/mol. The molecule has 1 atom stereocenters. The Balaban J connectivity index is 1.98. The minimum atomic E-state index is -0.0514. The smallest absolute Gasteiger partial charge is 0.0704 e. The molecule has 0 amide bonds. The summed E-state index contributed by atoms with van der Waals surface area (Å²) in [5.74, 6) is 0. The lowest BCUT2D eigenvalue weighted by Crippen LogP contribution is -2.15. The maximum absolute atomic E-state index is 6.46. The molecule has 1 aromatic carbocycles. The van der Waals surface area contributed by atoms with Crippen LogP contribution in [0.25, 0.3) is 10.9 Å². The molecule has 0 bridgehead atoms. The Morgan fingerprint density at radius 1 is 1.19 bits per heavy atom. The van der Waals surface area contributed by atoms with Gasteiger partial charge in [-0.1, -0.05) is 18.2 Å². The molecule has 2 N–H and O–H groups in total. The zero-order valence-electron chi connectivity index (χ0n) is 12.7. The Morgan fingerprint density at radius 3 is 2.67 bits per heavy atom. The first kappa shape index (κ1) is 13.8. The van der Waals surface area contributed by atoms with Crippen LogP contribution in [-0.4, -0.2) is 14.8 Å². The standard InChI is InChI=1S/C17H20N4/c1-11-17(12(2)21(3)20-11)15(18)10-13-8-9-19-16-7-5-4-6-14(13)16/h4-9,15H,10,18H2,1-3H3. The van der Waals surface area contributed by atoms with Crippen LogP contribution in [0.2, 0.25) is 0 Å². The highest BCUT2D eigenvalue weighted by Gasteiger charge is 2.18. The highest BCUT2D eigenvalue weighted by atomic mass is 15.3. The lowest BCUT2D eigenvalue weighted by Gasteiger charge is -2.14. The van der Waals surface area contributed by atoms with Crippen molar-refractivity contribution in [2.24, 2.45) is 12.8 Å². The number of rotatable bonds is 3. The monoisotopic (exact) mass is 280 g/mol. The fourth-order valence-electron chi connectivity index (χ4n) is 3.00. The number of aryl methyl sites for hydroxylation is 2. The van der Waals surface area contributed by atoms with Gasteiger partial charge in [0.1, 0.15) is 0 Å². The van der Waals surface area contributed by atoms with Gasteiger partial charge < -0.3 is 5.73 Å². The molecule has 0 aliphatic rings. The molecule has 21 heavy (non-hydrogen) atoms. The van der Waals surface area contributed by atoms with Crippen molar-refractivity contribution < 1.29 is 0 Å². The number of nitrogens with zero attached hydrogens (tertiary/aromatic N) is 3. The number of aromatic nitrogens is 3. The minimum Gasteiger partial charge on any atom is -0.324 e. The van der Waals surface area contributed by atoms with Crippen LogP contribution in [0.15, 0.2) is 36.5 Å². The zero-order valence-corrected chi connectivity index (χ0v) is 12.7. The second kappa shape index (κ2) is 5.30. The average Bonchev–Trinajstić information content (AvgIpc) is 2.72. The molecule has 0 saturated heterocycles. The Labute approximate surface area is 124 Å². The normalized spacial score (nSPS) is 12.8. The lowest BCUT2D eigenvalue weighted by molar-refractivity contribution is 0.702. The van der Waals surface area contributed by atoms with E-state index in [1.54, 1.807) is 0 Å². The Kier molecular flexibility index (Phi) is 3.47. The van der Waals surface area contributed by atoms with E-state index in [1.165, 1.54) is 10.9 Å². The van der Waals surface area contributed by atoms with Crippen LogP contribution in [0.1, 0.15) is 28.6 Å². The van der Waals surface area contributed by atoms with Crippen molar-refractivity contribution >= 4 is 10.9 Å². The van der Waals surface area contributed by atoms with Crippen molar-refractivity contribution in [2.75, 3.05) is 0 Å². The molecule has 0 radical (unpaired) electrons. The molecule has 0 fully saturated rings. The van der Waals surface area contributed by atoms with Crippen LogP contribution in [0.3, 0.4) is 0 Å². The third-order valence-electron chi connectivity index (χ3n) is 4.11. The van der Waals surface area contributed by atoms with Gasteiger partial charge in [-0.25, -0.2) is 0 Å². The molecule has 2 aromatic heterocycles. The van der Waals surface area contributed by atoms with Crippen LogP contribution in [0.5, 0.6) is 0 Å². The first-order valence-electron chi connectivity index (χ1n) is 7.16. The predicted octanol–water partition coefficient (Wildman–Crippen LogP) is 2.83. The van der Waals surface area contributed by atoms with E-state index in [2.05, 4.69) is 29.1 Å². The summed E-state index contributed by atoms with van der Waals surface area (Å²) in [5.41, 5.74) is 12.0. The van der Waals surface area contributed by atoms with Crippen LogP contribution in [0, 0.1) is 13.8 Å². The molecule has 0 aliphatic carbocycles. The molecular formula is C17H20N4. The number of fused-ring (bicyclic) bond motifs is 1. The molecule has 4 nitrogen and oxygen atoms in total. The highest BCUT2D eigenvalue weighted by molar-refractivity contribution is 5.81. The first-order chi connectivity index (χ1) is 10.1. The summed E-state index contributed by atoms with van der Waals surface area (Å²) in [7, 11) is 1.96. The largest absolute Gasteiger partial charge is 0.324 e. The van der Waals surface area contributed by atoms with Crippen LogP contribution >= 0.6 is 0 Å². The average molecular weight is 280 g/mol. The van der Waals surface area contributed by atoms with E-state index in [1.807, 2.05) is 43.0 Å². The van der Waals surface area contributed by atoms with Crippen LogP contribution in [-0.2, 0) is 13.5 Å². The van der Waals surface area contributed by atoms with E-state index in [-0.39, 0.29) is 6.04 Å². The molecule has 3 rings (SSSR count). The van der Waals surface area contributed by atoms with Gasteiger partial charge in [0.15, 0.2) is 0 Å². The number of hydrogen-bond acceptors (Lipinski definition) is 3. The van der Waals surface area contributed by atoms with Crippen molar-refractivity contribution in [1.29, 1.82) is 0 Å². The Morgan fingerprint density at radius 2 is 1.95 bits per heavy atom. The van der Waals surface area contributed by atoms with Gasteiger partial charge in [-0.05, 0) is 38.0 Å². The minimum absolute atomic E-state index is 0.0514. The summed E-state index contributed by atoms with van der Waals surface area (Å²) in [6, 6.07) is 10.2. The maximum Gasteiger partial charge on any atom is 0.0704 e. The van der Waals surface area contributed by atoms with Crippen molar-refractivity contribution in [2.45, 2.75) is 26.3 Å². The summed E-state index contributed by atoms with van der Waals surface area (Å²) in [6.45, 7) is 4.09. The van der Waals surface area contributed by atoms with Gasteiger partial charge in [0.2, 0.25) is 0 Å². The fourth-order valence-corrected chi connectivity index (χ4v) is 3.00. The second-order valence-electron chi connectivity index (χ2n) is 5.51. The molecule has 2 heterocycles. The topological polar surface area (TPSA) is 56.7 Å². The Hall–Kier alpha value is -2.20. The van der Waals surface area contributed by atoms with Crippen molar-refractivity contribution in [3.05, 3.63) is 59.0 Å². The quantitative estimate of drug-likeness (QED) is 0.802. The number of nitrogens with two attached hydrogens (primary N) is 1. The first-order valence-corrected chi connectivity index (χ1v) is 7.16. The Bertz CT molecular complexity index is 783. The second-order valence-corrected chi connectivity index (χ2v) is 5.51. The molecule has 0 saturated carbocycles. The van der Waals surface area contributed by atoms with Gasteiger partial charge in [0.25, 0.3) is 0 Å². The molecule has 0 aliphatic heterocycles. The van der Waals surface area contributed by atoms with E-state index in [9.17, 15) is 0 Å². The zero-order chi connectivity index (χ0) is 15.0. The van der Waals surface area contributed by atoms with Crippen LogP contribution < -0.4 is 5.73 Å². The fraction of sp³-hybridized carbons (Fsp3) is 0.294. The lowest BCUT2D eigenvalue weighted by atomic mass is 9.96. The summed E-state index contributed by atoms with van der Waals surface area (Å²) >= 11 is 0.